The molecule has 7 heavy (non-hydrogen) atoms. The van der Waals surface area contributed by atoms with Crippen LogP contribution in [0.4, 0.5) is 0 Å². The average molecular weight is 322 g/mol. The number of hydrogen-bond acceptors (Lipinski definition) is 1. The molecule has 0 aromatic carbocycles. The van der Waals surface area contributed by atoms with Crippen molar-refractivity contribution in [2.75, 3.05) is 6.54 Å². The van der Waals surface area contributed by atoms with Crippen LogP contribution in [0.2, 0.25) is 0 Å². The molecule has 0 aliphatic carbocycles. The molecule has 0 spiro atoms. The first kappa shape index (κ1) is 8.01. The molecule has 40 valence electrons. The Balaban J connectivity index is 0.000000360. The standard InChI is InChI=1S/C5H10N.U/c1-5-2-3-6-4-5;/h3,5-6H,2,4H2,1H3;/q-1;/t5-;/m0./s1. The molecule has 1 aliphatic rings. The van der Waals surface area contributed by atoms with E-state index >= 15 is 0 Å². The van der Waals surface area contributed by atoms with E-state index in [1.807, 2.05) is 0 Å². The molecule has 1 rings (SSSR count). The zero-order valence-corrected chi connectivity index (χ0v) is 8.73. The van der Waals surface area contributed by atoms with Crippen LogP contribution in [0, 0.1) is 43.6 Å². The number of hydrogen-bond donors (Lipinski definition) is 1. The Labute approximate surface area is 68.6 Å². The molecule has 0 unspecified atom stereocenters. The van der Waals surface area contributed by atoms with Crippen molar-refractivity contribution in [1.29, 1.82) is 0 Å². The second-order valence-corrected chi connectivity index (χ2v) is 1.95. The van der Waals surface area contributed by atoms with Crippen molar-refractivity contribution in [3.63, 3.8) is 0 Å². The van der Waals surface area contributed by atoms with E-state index in [4.69, 9.17) is 0 Å². The van der Waals surface area contributed by atoms with Crippen LogP contribution in [0.15, 0.2) is 0 Å². The first-order chi connectivity index (χ1) is 2.89. The maximum atomic E-state index is 3.15. The van der Waals surface area contributed by atoms with Gasteiger partial charge in [-0.15, -0.1) is 0 Å². The third-order valence-electron chi connectivity index (χ3n) is 1.13. The van der Waals surface area contributed by atoms with Gasteiger partial charge in [-0.2, -0.15) is 6.42 Å². The van der Waals surface area contributed by atoms with Crippen LogP contribution in [0.25, 0.3) is 0 Å². The third-order valence-corrected chi connectivity index (χ3v) is 1.13. The predicted octanol–water partition coefficient (Wildman–Crippen LogP) is 0.778. The van der Waals surface area contributed by atoms with E-state index in [-0.39, 0.29) is 31.1 Å². The van der Waals surface area contributed by atoms with E-state index in [1.54, 1.807) is 0 Å². The van der Waals surface area contributed by atoms with Crippen LogP contribution in [-0.4, -0.2) is 6.54 Å². The molecular weight excluding hydrogens is 312 g/mol. The smallest absolute Gasteiger partial charge is 0 e. The minimum absolute atomic E-state index is 0. The molecule has 0 bridgehead atoms. The molecule has 1 nitrogen and oxygen atoms in total. The number of nitrogens with one attached hydrogen (secondary N) is 1. The number of rotatable bonds is 0. The molecule has 0 amide bonds. The van der Waals surface area contributed by atoms with Crippen LogP contribution >= 0.6 is 0 Å². The van der Waals surface area contributed by atoms with Crippen molar-refractivity contribution >= 4 is 0 Å². The maximum absolute atomic E-state index is 3.15. The molecule has 0 aromatic rings. The summed E-state index contributed by atoms with van der Waals surface area (Å²) < 4.78 is 0. The summed E-state index contributed by atoms with van der Waals surface area (Å²) in [6.45, 7) is 5.56. The summed E-state index contributed by atoms with van der Waals surface area (Å²) in [5.74, 6) is 0.880. The summed E-state index contributed by atoms with van der Waals surface area (Å²) in [6.07, 6.45) is 1.25. The normalized spacial score (nSPS) is 29.6. The Morgan fingerprint density at radius 1 is 1.71 bits per heavy atom. The van der Waals surface area contributed by atoms with Crippen molar-refractivity contribution in [3.05, 3.63) is 6.54 Å². The van der Waals surface area contributed by atoms with E-state index in [1.165, 1.54) is 13.0 Å². The monoisotopic (exact) mass is 322 g/mol. The zero-order valence-electron chi connectivity index (χ0n) is 4.57. The molecule has 1 fully saturated rings. The van der Waals surface area contributed by atoms with Gasteiger partial charge in [0.05, 0.1) is 0 Å². The third kappa shape index (κ3) is 2.74. The Hall–Kier alpha value is 1.01. The molecule has 1 aliphatic heterocycles. The molecule has 1 heterocycles. The summed E-state index contributed by atoms with van der Waals surface area (Å²) in [6, 6.07) is 0. The van der Waals surface area contributed by atoms with Crippen molar-refractivity contribution in [3.8, 4) is 0 Å². The summed E-state index contributed by atoms with van der Waals surface area (Å²) >= 11 is 0. The van der Waals surface area contributed by atoms with Crippen LogP contribution in [0.3, 0.4) is 0 Å². The van der Waals surface area contributed by atoms with Crippen molar-refractivity contribution in [1.82, 2.24) is 5.32 Å². The summed E-state index contributed by atoms with van der Waals surface area (Å²) in [5.41, 5.74) is 0. The Kier molecular flexibility index (Phi) is 4.52. The summed E-state index contributed by atoms with van der Waals surface area (Å²) in [5, 5.41) is 3.15. The SMILES string of the molecule is C[C@H]1C[CH-]NC1.[U]. The molecule has 2 heteroatoms. The second kappa shape index (κ2) is 3.95. The van der Waals surface area contributed by atoms with Crippen molar-refractivity contribution < 1.29 is 31.1 Å². The molecule has 0 saturated carbocycles. The summed E-state index contributed by atoms with van der Waals surface area (Å²) in [7, 11) is 0. The van der Waals surface area contributed by atoms with E-state index in [2.05, 4.69) is 18.8 Å². The van der Waals surface area contributed by atoms with Crippen LogP contribution in [0.1, 0.15) is 13.3 Å². The average Bonchev–Trinajstić information content (AvgIpc) is 1.86. The Morgan fingerprint density at radius 3 is 2.57 bits per heavy atom. The van der Waals surface area contributed by atoms with Crippen LogP contribution in [0.5, 0.6) is 0 Å². The fourth-order valence-corrected chi connectivity index (χ4v) is 0.652. The fraction of sp³-hybridized carbons (Fsp3) is 0.800. The minimum Gasteiger partial charge on any atom is -0.470 e. The van der Waals surface area contributed by atoms with Gasteiger partial charge in [0, 0.05) is 31.1 Å². The van der Waals surface area contributed by atoms with Gasteiger partial charge in [-0.3, -0.25) is 6.54 Å². The Bertz CT molecular complexity index is 41.3. The van der Waals surface area contributed by atoms with Crippen molar-refractivity contribution in [2.24, 2.45) is 5.92 Å². The van der Waals surface area contributed by atoms with Gasteiger partial charge < -0.3 is 5.32 Å². The second-order valence-electron chi connectivity index (χ2n) is 1.95. The van der Waals surface area contributed by atoms with Gasteiger partial charge in [-0.1, -0.05) is 12.8 Å². The minimum atomic E-state index is 0. The largest absolute Gasteiger partial charge is 0.470 e. The Morgan fingerprint density at radius 2 is 2.43 bits per heavy atom. The maximum Gasteiger partial charge on any atom is 0 e. The first-order valence-electron chi connectivity index (χ1n) is 2.44. The van der Waals surface area contributed by atoms with Gasteiger partial charge >= 0.3 is 0 Å². The van der Waals surface area contributed by atoms with Gasteiger partial charge in [-0.05, 0) is 6.54 Å². The quantitative estimate of drug-likeness (QED) is 0.650. The van der Waals surface area contributed by atoms with Gasteiger partial charge in [0.1, 0.15) is 0 Å². The van der Waals surface area contributed by atoms with E-state index in [0.717, 1.165) is 5.92 Å². The molecule has 0 radical (unpaired) electrons. The predicted molar refractivity (Wildman–Crippen MR) is 26.1 cm³/mol. The molecule has 0 aromatic heterocycles. The zero-order chi connectivity index (χ0) is 4.41. The fourth-order valence-electron chi connectivity index (χ4n) is 0.652. The molecule has 1 saturated heterocycles. The topological polar surface area (TPSA) is 12.0 Å². The van der Waals surface area contributed by atoms with Gasteiger partial charge in [0.15, 0.2) is 0 Å². The first-order valence-corrected chi connectivity index (χ1v) is 2.44. The van der Waals surface area contributed by atoms with Crippen LogP contribution < -0.4 is 5.32 Å². The van der Waals surface area contributed by atoms with Gasteiger partial charge in [0.25, 0.3) is 0 Å². The van der Waals surface area contributed by atoms with E-state index in [9.17, 15) is 0 Å². The molecular formula is C5H10NU-. The van der Waals surface area contributed by atoms with E-state index < -0.39 is 0 Å². The van der Waals surface area contributed by atoms with Gasteiger partial charge in [0.2, 0.25) is 0 Å². The molecule has 1 N–H and O–H groups in total. The van der Waals surface area contributed by atoms with Gasteiger partial charge in [-0.25, -0.2) is 0 Å². The van der Waals surface area contributed by atoms with E-state index in [0.29, 0.717) is 0 Å². The summed E-state index contributed by atoms with van der Waals surface area (Å²) in [4.78, 5) is 0. The molecule has 1 atom stereocenters. The van der Waals surface area contributed by atoms with Crippen molar-refractivity contribution in [2.45, 2.75) is 13.3 Å². The van der Waals surface area contributed by atoms with Crippen LogP contribution in [-0.2, 0) is 0 Å².